The van der Waals surface area contributed by atoms with E-state index in [1.807, 2.05) is 24.3 Å². The van der Waals surface area contributed by atoms with E-state index in [9.17, 15) is 0 Å². The summed E-state index contributed by atoms with van der Waals surface area (Å²) in [4.78, 5) is 0. The Labute approximate surface area is 110 Å². The van der Waals surface area contributed by atoms with Gasteiger partial charge in [0, 0.05) is 17.2 Å². The Morgan fingerprint density at radius 1 is 1.50 bits per heavy atom. The van der Waals surface area contributed by atoms with Gasteiger partial charge in [0.05, 0.1) is 4.47 Å². The topological polar surface area (TPSA) is 9.23 Å². The highest BCUT2D eigenvalue weighted by Gasteiger charge is 2.51. The molecule has 0 heterocycles. The fraction of sp³-hybridized carbons (Fsp3) is 0.538. The summed E-state index contributed by atoms with van der Waals surface area (Å²) in [6.07, 6.45) is 2.22. The van der Waals surface area contributed by atoms with Gasteiger partial charge in [-0.25, -0.2) is 0 Å². The Morgan fingerprint density at radius 2 is 2.19 bits per heavy atom. The number of para-hydroxylation sites is 1. The smallest absolute Gasteiger partial charge is 0.133 e. The van der Waals surface area contributed by atoms with Gasteiger partial charge in [0.25, 0.3) is 0 Å². The maximum atomic E-state index is 6.27. The third kappa shape index (κ3) is 1.98. The minimum atomic E-state index is 0.108. The first kappa shape index (κ1) is 12.3. The average molecular weight is 304 g/mol. The van der Waals surface area contributed by atoms with Crippen molar-refractivity contribution in [3.05, 3.63) is 28.7 Å². The number of rotatable bonds is 3. The van der Waals surface area contributed by atoms with Crippen LogP contribution in [0.25, 0.3) is 0 Å². The summed E-state index contributed by atoms with van der Waals surface area (Å²) in [5, 5.41) is 0.241. The van der Waals surface area contributed by atoms with Crippen LogP contribution in [0.4, 0.5) is 0 Å². The van der Waals surface area contributed by atoms with Gasteiger partial charge in [-0.3, -0.25) is 0 Å². The molecule has 2 rings (SSSR count). The van der Waals surface area contributed by atoms with Crippen molar-refractivity contribution < 1.29 is 4.74 Å². The molecule has 1 aromatic carbocycles. The van der Waals surface area contributed by atoms with E-state index in [-0.39, 0.29) is 16.9 Å². The van der Waals surface area contributed by atoms with Crippen LogP contribution in [0.1, 0.15) is 26.7 Å². The zero-order valence-electron chi connectivity index (χ0n) is 9.54. The highest BCUT2D eigenvalue weighted by atomic mass is 79.9. The van der Waals surface area contributed by atoms with Gasteiger partial charge in [0.1, 0.15) is 11.9 Å². The lowest BCUT2D eigenvalue weighted by atomic mass is 9.65. The van der Waals surface area contributed by atoms with Crippen molar-refractivity contribution in [1.82, 2.24) is 0 Å². The predicted molar refractivity (Wildman–Crippen MR) is 71.2 cm³/mol. The first-order valence-corrected chi connectivity index (χ1v) is 6.86. The molecule has 0 aromatic heterocycles. The summed E-state index contributed by atoms with van der Waals surface area (Å²) in [5.74, 6) is 0.913. The van der Waals surface area contributed by atoms with Gasteiger partial charge in [0.15, 0.2) is 0 Å². The Hall–Kier alpha value is -0.210. The molecule has 0 saturated heterocycles. The molecular weight excluding hydrogens is 287 g/mol. The minimum absolute atomic E-state index is 0.108. The van der Waals surface area contributed by atoms with Crippen LogP contribution >= 0.6 is 27.5 Å². The Morgan fingerprint density at radius 3 is 2.75 bits per heavy atom. The first-order valence-electron chi connectivity index (χ1n) is 5.63. The Balaban J connectivity index is 2.10. The van der Waals surface area contributed by atoms with Gasteiger partial charge in [-0.1, -0.05) is 26.0 Å². The molecule has 1 fully saturated rings. The van der Waals surface area contributed by atoms with E-state index in [1.54, 1.807) is 0 Å². The molecule has 0 aliphatic heterocycles. The van der Waals surface area contributed by atoms with Crippen molar-refractivity contribution >= 4 is 27.5 Å². The molecule has 0 radical (unpaired) electrons. The number of ether oxygens (including phenoxy) is 1. The molecule has 0 N–H and O–H groups in total. The molecule has 1 nitrogen and oxygen atoms in total. The number of halogens is 2. The second kappa shape index (κ2) is 4.58. The van der Waals surface area contributed by atoms with Crippen LogP contribution in [0.2, 0.25) is 0 Å². The van der Waals surface area contributed by atoms with Crippen molar-refractivity contribution in [2.24, 2.45) is 5.41 Å². The molecule has 3 heteroatoms. The van der Waals surface area contributed by atoms with Crippen molar-refractivity contribution in [2.45, 2.75) is 38.2 Å². The third-order valence-corrected chi connectivity index (χ3v) is 5.07. The SMILES string of the molecule is CCC1(C)C(Cl)CC1Oc1ccccc1Br. The average Bonchev–Trinajstić information content (AvgIpc) is 2.30. The number of hydrogen-bond acceptors (Lipinski definition) is 1. The van der Waals surface area contributed by atoms with E-state index < -0.39 is 0 Å². The Kier molecular flexibility index (Phi) is 3.50. The van der Waals surface area contributed by atoms with Crippen LogP contribution in [0.15, 0.2) is 28.7 Å². The lowest BCUT2D eigenvalue weighted by Gasteiger charge is -2.50. The molecule has 0 bridgehead atoms. The zero-order valence-corrected chi connectivity index (χ0v) is 11.9. The second-order valence-corrected chi connectivity index (χ2v) is 5.98. The number of alkyl halides is 1. The second-order valence-electron chi connectivity index (χ2n) is 4.60. The Bertz CT molecular complexity index is 382. The van der Waals surface area contributed by atoms with E-state index in [1.165, 1.54) is 0 Å². The molecule has 3 unspecified atom stereocenters. The molecule has 1 aromatic rings. The molecule has 0 amide bonds. The largest absolute Gasteiger partial charge is 0.489 e. The fourth-order valence-electron chi connectivity index (χ4n) is 2.09. The minimum Gasteiger partial charge on any atom is -0.489 e. The van der Waals surface area contributed by atoms with Crippen molar-refractivity contribution in [3.8, 4) is 5.75 Å². The molecule has 0 spiro atoms. The van der Waals surface area contributed by atoms with Crippen LogP contribution < -0.4 is 4.74 Å². The van der Waals surface area contributed by atoms with Crippen LogP contribution in [0.5, 0.6) is 5.75 Å². The molecule has 3 atom stereocenters. The molecule has 16 heavy (non-hydrogen) atoms. The lowest BCUT2D eigenvalue weighted by molar-refractivity contribution is -0.0299. The molecule has 1 saturated carbocycles. The van der Waals surface area contributed by atoms with E-state index in [2.05, 4.69) is 29.8 Å². The van der Waals surface area contributed by atoms with E-state index in [0.717, 1.165) is 23.1 Å². The van der Waals surface area contributed by atoms with Crippen LogP contribution in [0, 0.1) is 5.41 Å². The van der Waals surface area contributed by atoms with Gasteiger partial charge in [-0.15, -0.1) is 11.6 Å². The maximum Gasteiger partial charge on any atom is 0.133 e. The van der Waals surface area contributed by atoms with E-state index >= 15 is 0 Å². The summed E-state index contributed by atoms with van der Waals surface area (Å²) >= 11 is 9.76. The monoisotopic (exact) mass is 302 g/mol. The summed E-state index contributed by atoms with van der Waals surface area (Å²) < 4.78 is 7.03. The normalized spacial score (nSPS) is 33.2. The number of benzene rings is 1. The lowest BCUT2D eigenvalue weighted by Crippen LogP contribution is -2.55. The van der Waals surface area contributed by atoms with Crippen molar-refractivity contribution in [1.29, 1.82) is 0 Å². The van der Waals surface area contributed by atoms with Gasteiger partial charge in [-0.2, -0.15) is 0 Å². The third-order valence-electron chi connectivity index (χ3n) is 3.74. The standard InChI is InChI=1S/C13H16BrClO/c1-3-13(2)11(15)8-12(13)16-10-7-5-4-6-9(10)14/h4-7,11-12H,3,8H2,1-2H3. The zero-order chi connectivity index (χ0) is 11.8. The summed E-state index contributed by atoms with van der Waals surface area (Å²) in [6.45, 7) is 4.38. The van der Waals surface area contributed by atoms with Crippen LogP contribution in [-0.2, 0) is 0 Å². The quantitative estimate of drug-likeness (QED) is 0.740. The number of hydrogen-bond donors (Lipinski definition) is 0. The highest BCUT2D eigenvalue weighted by molar-refractivity contribution is 9.10. The molecular formula is C13H16BrClO. The van der Waals surface area contributed by atoms with Crippen LogP contribution in [-0.4, -0.2) is 11.5 Å². The fourth-order valence-corrected chi connectivity index (χ4v) is 2.93. The molecule has 88 valence electrons. The van der Waals surface area contributed by atoms with E-state index in [0.29, 0.717) is 0 Å². The maximum absolute atomic E-state index is 6.27. The first-order chi connectivity index (χ1) is 7.58. The molecule has 1 aliphatic carbocycles. The van der Waals surface area contributed by atoms with Gasteiger partial charge in [-0.05, 0) is 34.5 Å². The summed E-state index contributed by atoms with van der Waals surface area (Å²) in [5.41, 5.74) is 0.108. The molecule has 1 aliphatic rings. The van der Waals surface area contributed by atoms with Gasteiger partial charge in [0.2, 0.25) is 0 Å². The van der Waals surface area contributed by atoms with Gasteiger partial charge >= 0.3 is 0 Å². The van der Waals surface area contributed by atoms with E-state index in [4.69, 9.17) is 16.3 Å². The van der Waals surface area contributed by atoms with Crippen molar-refractivity contribution in [3.63, 3.8) is 0 Å². The predicted octanol–water partition coefficient (Wildman–Crippen LogP) is 4.62. The van der Waals surface area contributed by atoms with Gasteiger partial charge < -0.3 is 4.74 Å². The van der Waals surface area contributed by atoms with Crippen molar-refractivity contribution in [2.75, 3.05) is 0 Å². The van der Waals surface area contributed by atoms with Crippen LogP contribution in [0.3, 0.4) is 0 Å². The highest BCUT2D eigenvalue weighted by Crippen LogP contribution is 2.49. The summed E-state index contributed by atoms with van der Waals surface area (Å²) in [7, 11) is 0. The summed E-state index contributed by atoms with van der Waals surface area (Å²) in [6, 6.07) is 7.96.